The molecule has 5 heteroatoms. The van der Waals surface area contributed by atoms with Crippen LogP contribution < -0.4 is 5.32 Å². The first-order valence-corrected chi connectivity index (χ1v) is 5.78. The average Bonchev–Trinajstić information content (AvgIpc) is 2.19. The summed E-state index contributed by atoms with van der Waals surface area (Å²) in [6.07, 6.45) is -4.27. The molecule has 0 bridgehead atoms. The smallest absolute Gasteiger partial charge is 0.306 e. The van der Waals surface area contributed by atoms with E-state index in [0.717, 1.165) is 0 Å². The van der Waals surface area contributed by atoms with E-state index in [-0.39, 0.29) is 6.42 Å². The molecule has 1 unspecified atom stereocenters. The minimum atomic E-state index is -4.22. The highest BCUT2D eigenvalue weighted by Crippen LogP contribution is 2.26. The molecule has 0 spiro atoms. The van der Waals surface area contributed by atoms with Crippen LogP contribution in [0.4, 0.5) is 13.2 Å². The molecule has 1 nitrogen and oxygen atoms in total. The third-order valence-electron chi connectivity index (χ3n) is 2.23. The maximum absolute atomic E-state index is 12.6. The Morgan fingerprint density at radius 1 is 1.31 bits per heavy atom. The molecule has 0 aliphatic heterocycles. The summed E-state index contributed by atoms with van der Waals surface area (Å²) in [6, 6.07) is 5.47. The summed E-state index contributed by atoms with van der Waals surface area (Å²) >= 11 is 3.25. The first-order chi connectivity index (χ1) is 7.45. The summed E-state index contributed by atoms with van der Waals surface area (Å²) in [5.41, 5.74) is 0.658. The average molecular weight is 296 g/mol. The maximum Gasteiger partial charge on any atom is 0.404 e. The lowest BCUT2D eigenvalue weighted by Gasteiger charge is -2.21. The van der Waals surface area contributed by atoms with Gasteiger partial charge in [-0.05, 0) is 24.6 Å². The lowest BCUT2D eigenvalue weighted by Crippen LogP contribution is -2.43. The molecule has 16 heavy (non-hydrogen) atoms. The van der Waals surface area contributed by atoms with Crippen molar-refractivity contribution in [2.24, 2.45) is 0 Å². The number of likely N-dealkylation sites (N-methyl/N-ethyl adjacent to an activating group) is 1. The first-order valence-electron chi connectivity index (χ1n) is 4.98. The van der Waals surface area contributed by atoms with Gasteiger partial charge in [-0.3, -0.25) is 0 Å². The van der Waals surface area contributed by atoms with E-state index in [1.807, 2.05) is 0 Å². The van der Waals surface area contributed by atoms with Crippen LogP contribution >= 0.6 is 15.9 Å². The van der Waals surface area contributed by atoms with Crippen LogP contribution in [0.3, 0.4) is 0 Å². The van der Waals surface area contributed by atoms with Crippen molar-refractivity contribution in [3.8, 4) is 0 Å². The highest BCUT2D eigenvalue weighted by molar-refractivity contribution is 9.10. The van der Waals surface area contributed by atoms with E-state index in [4.69, 9.17) is 0 Å². The van der Waals surface area contributed by atoms with Crippen LogP contribution in [0.1, 0.15) is 12.5 Å². The highest BCUT2D eigenvalue weighted by Gasteiger charge is 2.38. The molecule has 1 N–H and O–H groups in total. The van der Waals surface area contributed by atoms with Crippen LogP contribution in [0.15, 0.2) is 28.7 Å². The molecule has 0 saturated heterocycles. The molecule has 1 aromatic carbocycles. The largest absolute Gasteiger partial charge is 0.404 e. The number of halogens is 4. The summed E-state index contributed by atoms with van der Waals surface area (Å²) in [7, 11) is 0. The van der Waals surface area contributed by atoms with Crippen molar-refractivity contribution < 1.29 is 13.2 Å². The fraction of sp³-hybridized carbons (Fsp3) is 0.455. The van der Waals surface area contributed by atoms with Crippen molar-refractivity contribution in [1.29, 1.82) is 0 Å². The zero-order chi connectivity index (χ0) is 12.2. The SMILES string of the molecule is CCNC(Cc1ccccc1Br)C(F)(F)F. The summed E-state index contributed by atoms with van der Waals surface area (Å²) in [5, 5.41) is 2.45. The Balaban J connectivity index is 2.80. The van der Waals surface area contributed by atoms with Gasteiger partial charge in [-0.2, -0.15) is 13.2 Å². The Hall–Kier alpha value is -0.550. The molecule has 0 saturated carbocycles. The molecule has 0 aliphatic carbocycles. The molecule has 0 fully saturated rings. The van der Waals surface area contributed by atoms with Gasteiger partial charge in [0.15, 0.2) is 0 Å². The lowest BCUT2D eigenvalue weighted by molar-refractivity contribution is -0.155. The molecule has 1 atom stereocenters. The molecule has 0 heterocycles. The Labute approximate surface area is 101 Å². The Morgan fingerprint density at radius 2 is 1.94 bits per heavy atom. The lowest BCUT2D eigenvalue weighted by atomic mass is 10.1. The van der Waals surface area contributed by atoms with Gasteiger partial charge in [0, 0.05) is 4.47 Å². The van der Waals surface area contributed by atoms with Crippen molar-refractivity contribution in [2.45, 2.75) is 25.6 Å². The van der Waals surface area contributed by atoms with E-state index in [1.165, 1.54) is 0 Å². The number of hydrogen-bond donors (Lipinski definition) is 1. The number of rotatable bonds is 4. The van der Waals surface area contributed by atoms with Crippen molar-refractivity contribution >= 4 is 15.9 Å². The zero-order valence-electron chi connectivity index (χ0n) is 8.81. The molecule has 0 amide bonds. The molecular weight excluding hydrogens is 283 g/mol. The molecule has 90 valence electrons. The quantitative estimate of drug-likeness (QED) is 0.896. The number of hydrogen-bond acceptors (Lipinski definition) is 1. The predicted octanol–water partition coefficient (Wildman–Crippen LogP) is 3.53. The van der Waals surface area contributed by atoms with E-state index < -0.39 is 12.2 Å². The van der Waals surface area contributed by atoms with E-state index in [9.17, 15) is 13.2 Å². The summed E-state index contributed by atoms with van der Waals surface area (Å²) in [5.74, 6) is 0. The van der Waals surface area contributed by atoms with Gasteiger partial charge in [0.1, 0.15) is 6.04 Å². The Kier molecular flexibility index (Phi) is 4.80. The summed E-state index contributed by atoms with van der Waals surface area (Å²) in [6.45, 7) is 1.97. The Morgan fingerprint density at radius 3 is 2.44 bits per heavy atom. The third kappa shape index (κ3) is 3.79. The molecule has 1 rings (SSSR count). The van der Waals surface area contributed by atoms with Crippen molar-refractivity contribution in [1.82, 2.24) is 5.32 Å². The second-order valence-electron chi connectivity index (χ2n) is 3.45. The second-order valence-corrected chi connectivity index (χ2v) is 4.30. The van der Waals surface area contributed by atoms with Crippen LogP contribution in [0.25, 0.3) is 0 Å². The van der Waals surface area contributed by atoms with Crippen LogP contribution in [-0.2, 0) is 6.42 Å². The third-order valence-corrected chi connectivity index (χ3v) is 3.00. The topological polar surface area (TPSA) is 12.0 Å². The Bertz CT molecular complexity index is 338. The second kappa shape index (κ2) is 5.68. The maximum atomic E-state index is 12.6. The zero-order valence-corrected chi connectivity index (χ0v) is 10.4. The van der Waals surface area contributed by atoms with Gasteiger partial charge in [-0.25, -0.2) is 0 Å². The van der Waals surface area contributed by atoms with E-state index in [0.29, 0.717) is 16.6 Å². The molecular formula is C11H13BrF3N. The summed E-state index contributed by atoms with van der Waals surface area (Å²) in [4.78, 5) is 0. The number of alkyl halides is 3. The van der Waals surface area contributed by atoms with Gasteiger partial charge in [0.25, 0.3) is 0 Å². The van der Waals surface area contributed by atoms with Crippen molar-refractivity contribution in [3.63, 3.8) is 0 Å². The van der Waals surface area contributed by atoms with Crippen LogP contribution in [0.2, 0.25) is 0 Å². The van der Waals surface area contributed by atoms with Gasteiger partial charge < -0.3 is 5.32 Å². The van der Waals surface area contributed by atoms with Crippen molar-refractivity contribution in [2.75, 3.05) is 6.54 Å². The van der Waals surface area contributed by atoms with Crippen molar-refractivity contribution in [3.05, 3.63) is 34.3 Å². The first kappa shape index (κ1) is 13.5. The highest BCUT2D eigenvalue weighted by atomic mass is 79.9. The van der Waals surface area contributed by atoms with Gasteiger partial charge in [-0.15, -0.1) is 0 Å². The van der Waals surface area contributed by atoms with Gasteiger partial charge >= 0.3 is 6.18 Å². The van der Waals surface area contributed by atoms with E-state index in [2.05, 4.69) is 21.2 Å². The molecule has 0 radical (unpaired) electrons. The van der Waals surface area contributed by atoms with Gasteiger partial charge in [0.05, 0.1) is 0 Å². The fourth-order valence-electron chi connectivity index (χ4n) is 1.43. The molecule has 0 aliphatic rings. The number of benzene rings is 1. The van der Waals surface area contributed by atoms with Crippen LogP contribution in [-0.4, -0.2) is 18.8 Å². The molecule has 1 aromatic rings. The van der Waals surface area contributed by atoms with E-state index in [1.54, 1.807) is 31.2 Å². The van der Waals surface area contributed by atoms with Crippen LogP contribution in [0.5, 0.6) is 0 Å². The standard InChI is InChI=1S/C11H13BrF3N/c1-2-16-10(11(13,14)15)7-8-5-3-4-6-9(8)12/h3-6,10,16H,2,7H2,1H3. The minimum Gasteiger partial charge on any atom is -0.306 e. The predicted molar refractivity (Wildman–Crippen MR) is 61.4 cm³/mol. The van der Waals surface area contributed by atoms with E-state index >= 15 is 0 Å². The van der Waals surface area contributed by atoms with Crippen LogP contribution in [0, 0.1) is 0 Å². The number of nitrogens with one attached hydrogen (secondary N) is 1. The minimum absolute atomic E-state index is 0.0568. The monoisotopic (exact) mass is 295 g/mol. The van der Waals surface area contributed by atoms with Gasteiger partial charge in [0.2, 0.25) is 0 Å². The van der Waals surface area contributed by atoms with Gasteiger partial charge in [-0.1, -0.05) is 41.1 Å². The normalized spacial score (nSPS) is 13.8. The molecule has 0 aromatic heterocycles. The fourth-order valence-corrected chi connectivity index (χ4v) is 1.88. The summed E-state index contributed by atoms with van der Waals surface area (Å²) < 4.78 is 38.7.